The number of carbonyl (C=O) groups excluding carboxylic acids is 1. The number of hydrogen-bond donors (Lipinski definition) is 3. The number of H-pyrrole nitrogens is 3. The van der Waals surface area contributed by atoms with Crippen molar-refractivity contribution in [3.8, 4) is 0 Å². The van der Waals surface area contributed by atoms with Crippen LogP contribution in [0.3, 0.4) is 0 Å². The summed E-state index contributed by atoms with van der Waals surface area (Å²) in [6, 6.07) is 15.3. The third kappa shape index (κ3) is 10.0. The topological polar surface area (TPSA) is 134 Å². The molecule has 0 bridgehead atoms. The number of hydrogen-bond acceptors (Lipinski definition) is 3. The number of unbranched alkanes of at least 4 members (excludes halogenated alkanes) is 3. The number of aromatic amines is 3. The minimum Gasteiger partial charge on any atom is -0.361 e. The zero-order chi connectivity index (χ0) is 30.9. The van der Waals surface area contributed by atoms with E-state index in [-0.39, 0.29) is 5.56 Å². The number of pyridine rings is 1. The highest BCUT2D eigenvalue weighted by atomic mass is 16.1. The molecule has 0 saturated heterocycles. The maximum Gasteiger partial charge on any atom is 0.255 e. The summed E-state index contributed by atoms with van der Waals surface area (Å²) in [5, 5.41) is 6.80. The molecule has 0 unspecified atom stereocenters. The number of amides is 1. The van der Waals surface area contributed by atoms with Gasteiger partial charge in [-0.25, -0.2) is 0 Å². The van der Waals surface area contributed by atoms with Crippen LogP contribution in [0.1, 0.15) is 64.9 Å². The molecule has 43 heavy (non-hydrogen) atoms. The second-order valence-corrected chi connectivity index (χ2v) is 10.3. The molecule has 0 radical (unpaired) electrons. The summed E-state index contributed by atoms with van der Waals surface area (Å²) in [5.74, 6) is -0.602. The van der Waals surface area contributed by atoms with Gasteiger partial charge in [0.15, 0.2) is 0 Å². The Morgan fingerprint density at radius 2 is 1.35 bits per heavy atom. The van der Waals surface area contributed by atoms with Gasteiger partial charge in [-0.05, 0) is 103 Å². The van der Waals surface area contributed by atoms with E-state index in [9.17, 15) is 9.59 Å². The predicted molar refractivity (Wildman–Crippen MR) is 179 cm³/mol. The molecule has 0 saturated carbocycles. The van der Waals surface area contributed by atoms with E-state index in [1.54, 1.807) is 12.3 Å². The van der Waals surface area contributed by atoms with Crippen LogP contribution in [-0.4, -0.2) is 45.4 Å². The van der Waals surface area contributed by atoms with Gasteiger partial charge in [-0.15, -0.1) is 0 Å². The Bertz CT molecular complexity index is 1690. The predicted octanol–water partition coefficient (Wildman–Crippen LogP) is 8.72. The SMILES string of the molecule is CCCCN(CCCC)CCCC.O=c1[nH]ccc2c1ccc1[nH]ccc12.[N-]=[N+]=NC(=O)/C=C/c1cccc2[nH]ccc12. The Morgan fingerprint density at radius 1 is 0.767 bits per heavy atom. The van der Waals surface area contributed by atoms with E-state index in [4.69, 9.17) is 5.53 Å². The zero-order valence-electron chi connectivity index (χ0n) is 25.5. The fraction of sp³-hybridized carbons (Fsp3) is 0.353. The van der Waals surface area contributed by atoms with Crippen LogP contribution in [0.5, 0.6) is 0 Å². The van der Waals surface area contributed by atoms with Gasteiger partial charge in [0, 0.05) is 50.7 Å². The van der Waals surface area contributed by atoms with Crippen LogP contribution >= 0.6 is 0 Å². The molecule has 5 aromatic rings. The van der Waals surface area contributed by atoms with E-state index in [0.29, 0.717) is 0 Å². The molecule has 9 nitrogen and oxygen atoms in total. The quantitative estimate of drug-likeness (QED) is 0.0623. The third-order valence-electron chi connectivity index (χ3n) is 7.15. The lowest BCUT2D eigenvalue weighted by Crippen LogP contribution is -2.27. The number of aromatic nitrogens is 3. The number of rotatable bonds is 11. The highest BCUT2D eigenvalue weighted by Gasteiger charge is 2.03. The maximum atomic E-state index is 11.5. The normalized spacial score (nSPS) is 10.9. The molecule has 0 aliphatic rings. The molecule has 0 aliphatic carbocycles. The lowest BCUT2D eigenvalue weighted by atomic mass is 10.1. The minimum absolute atomic E-state index is 0.0365. The number of azide groups is 1. The molecular weight excluding hydrogens is 538 g/mol. The second kappa shape index (κ2) is 18.1. The van der Waals surface area contributed by atoms with E-state index in [2.05, 4.69) is 50.6 Å². The summed E-state index contributed by atoms with van der Waals surface area (Å²) in [7, 11) is 0. The van der Waals surface area contributed by atoms with Crippen LogP contribution in [0.25, 0.3) is 49.1 Å². The highest BCUT2D eigenvalue weighted by Crippen LogP contribution is 2.21. The van der Waals surface area contributed by atoms with Crippen LogP contribution in [0.4, 0.5) is 0 Å². The third-order valence-corrected chi connectivity index (χ3v) is 7.15. The number of nitrogens with zero attached hydrogens (tertiary/aromatic N) is 4. The van der Waals surface area contributed by atoms with Crippen LogP contribution in [0.15, 0.2) is 83.1 Å². The van der Waals surface area contributed by atoms with Gasteiger partial charge in [-0.2, -0.15) is 0 Å². The van der Waals surface area contributed by atoms with Crippen LogP contribution in [-0.2, 0) is 4.79 Å². The average molecular weight is 582 g/mol. The molecule has 3 N–H and O–H groups in total. The molecule has 3 heterocycles. The molecule has 0 aliphatic heterocycles. The fourth-order valence-corrected chi connectivity index (χ4v) is 4.79. The molecule has 0 fully saturated rings. The summed E-state index contributed by atoms with van der Waals surface area (Å²) in [6.07, 6.45) is 16.4. The Hall–Kier alpha value is -4.59. The van der Waals surface area contributed by atoms with Crippen molar-refractivity contribution in [3.05, 3.63) is 99.6 Å². The fourth-order valence-electron chi connectivity index (χ4n) is 4.79. The number of carbonyl (C=O) groups is 1. The van der Waals surface area contributed by atoms with E-state index >= 15 is 0 Å². The van der Waals surface area contributed by atoms with Crippen molar-refractivity contribution in [1.29, 1.82) is 0 Å². The van der Waals surface area contributed by atoms with E-state index in [1.807, 2.05) is 60.9 Å². The smallest absolute Gasteiger partial charge is 0.255 e. The minimum atomic E-state index is -0.602. The van der Waals surface area contributed by atoms with Crippen molar-refractivity contribution in [2.24, 2.45) is 5.11 Å². The zero-order valence-corrected chi connectivity index (χ0v) is 25.5. The molecule has 226 valence electrons. The van der Waals surface area contributed by atoms with Gasteiger partial charge in [0.25, 0.3) is 5.56 Å². The van der Waals surface area contributed by atoms with Gasteiger partial charge in [0.1, 0.15) is 0 Å². The first-order valence-electron chi connectivity index (χ1n) is 15.1. The van der Waals surface area contributed by atoms with Crippen LogP contribution < -0.4 is 5.56 Å². The first kappa shape index (κ1) is 32.9. The van der Waals surface area contributed by atoms with Crippen molar-refractivity contribution in [2.75, 3.05) is 19.6 Å². The molecule has 9 heteroatoms. The Kier molecular flexibility index (Phi) is 13.8. The summed E-state index contributed by atoms with van der Waals surface area (Å²) in [5.41, 5.74) is 11.0. The number of fused-ring (bicyclic) bond motifs is 4. The summed E-state index contributed by atoms with van der Waals surface area (Å²) in [6.45, 7) is 10.8. The first-order valence-corrected chi connectivity index (χ1v) is 15.1. The Morgan fingerprint density at radius 3 is 1.98 bits per heavy atom. The lowest BCUT2D eigenvalue weighted by molar-refractivity contribution is -0.113. The summed E-state index contributed by atoms with van der Waals surface area (Å²) >= 11 is 0. The Balaban J connectivity index is 0.000000178. The van der Waals surface area contributed by atoms with Gasteiger partial charge < -0.3 is 19.9 Å². The molecule has 5 rings (SSSR count). The summed E-state index contributed by atoms with van der Waals surface area (Å²) in [4.78, 5) is 36.4. The largest absolute Gasteiger partial charge is 0.361 e. The standard InChI is InChI=1S/C12H27N.C11H8N4O.C11H8N2O/c1-4-7-10-13(11-8-5-2)12-9-6-3;12-15-14-11(16)5-4-8-2-1-3-10-9(8)6-7-13-10;14-11-9-1-2-10-8(4-5-12-10)7(9)3-6-13-11/h4-12H2,1-3H3;1-7,13H;1-6,12H,(H,13,14)/b;5-4+;. The van der Waals surface area contributed by atoms with E-state index in [0.717, 1.165) is 38.1 Å². The van der Waals surface area contributed by atoms with Crippen molar-refractivity contribution in [3.63, 3.8) is 0 Å². The van der Waals surface area contributed by atoms with Gasteiger partial charge in [-0.3, -0.25) is 9.59 Å². The van der Waals surface area contributed by atoms with Crippen molar-refractivity contribution in [1.82, 2.24) is 19.9 Å². The van der Waals surface area contributed by atoms with Crippen LogP contribution in [0.2, 0.25) is 0 Å². The lowest BCUT2D eigenvalue weighted by Gasteiger charge is -2.21. The highest BCUT2D eigenvalue weighted by molar-refractivity contribution is 6.05. The monoisotopic (exact) mass is 581 g/mol. The first-order chi connectivity index (χ1) is 21.0. The molecule has 0 spiro atoms. The van der Waals surface area contributed by atoms with Gasteiger partial charge in [0.05, 0.1) is 0 Å². The van der Waals surface area contributed by atoms with E-state index in [1.165, 1.54) is 64.2 Å². The van der Waals surface area contributed by atoms with Crippen molar-refractivity contribution < 1.29 is 4.79 Å². The van der Waals surface area contributed by atoms with Gasteiger partial charge >= 0.3 is 0 Å². The number of nitrogens with one attached hydrogen (secondary N) is 3. The van der Waals surface area contributed by atoms with Crippen molar-refractivity contribution in [2.45, 2.75) is 59.3 Å². The second-order valence-electron chi connectivity index (χ2n) is 10.3. The molecule has 3 aromatic heterocycles. The van der Waals surface area contributed by atoms with Crippen LogP contribution in [0, 0.1) is 0 Å². The molecule has 2 aromatic carbocycles. The summed E-state index contributed by atoms with van der Waals surface area (Å²) < 4.78 is 0. The molecule has 1 amide bonds. The molecule has 0 atom stereocenters. The number of benzene rings is 2. The molecular formula is C34H43N7O2. The maximum absolute atomic E-state index is 11.5. The van der Waals surface area contributed by atoms with Gasteiger partial charge in [0.2, 0.25) is 5.91 Å². The Labute approximate surface area is 252 Å². The average Bonchev–Trinajstić information content (AvgIpc) is 3.71. The van der Waals surface area contributed by atoms with Gasteiger partial charge in [-0.1, -0.05) is 58.2 Å². The van der Waals surface area contributed by atoms with Crippen molar-refractivity contribution >= 4 is 44.6 Å². The van der Waals surface area contributed by atoms with E-state index < -0.39 is 5.91 Å².